The van der Waals surface area contributed by atoms with Crippen molar-refractivity contribution in [1.82, 2.24) is 35.6 Å². The van der Waals surface area contributed by atoms with Crippen LogP contribution in [0.5, 0.6) is 11.6 Å². The first kappa shape index (κ1) is 33.3. The lowest BCUT2D eigenvalue weighted by Gasteiger charge is -2.36. The van der Waals surface area contributed by atoms with Gasteiger partial charge in [-0.05, 0) is 86.9 Å². The van der Waals surface area contributed by atoms with Crippen LogP contribution in [0.2, 0.25) is 0 Å². The number of rotatable bonds is 10. The quantitative estimate of drug-likeness (QED) is 0.218. The Morgan fingerprint density at radius 1 is 0.917 bits per heavy atom. The van der Waals surface area contributed by atoms with E-state index in [1.807, 2.05) is 18.2 Å². The zero-order valence-electron chi connectivity index (χ0n) is 27.8. The molecule has 0 radical (unpaired) electrons. The van der Waals surface area contributed by atoms with Gasteiger partial charge in [-0.25, -0.2) is 9.37 Å². The largest absolute Gasteiger partial charge is 0.438 e. The molecular formula is C37H44FN7O3. The monoisotopic (exact) mass is 653 g/mol. The highest BCUT2D eigenvalue weighted by Gasteiger charge is 2.26. The number of benzene rings is 2. The number of hydrogen-bond acceptors (Lipinski definition) is 7. The number of carbonyl (C=O) groups is 2. The average Bonchev–Trinajstić information content (AvgIpc) is 3.52. The molecule has 6 rings (SSSR count). The summed E-state index contributed by atoms with van der Waals surface area (Å²) in [5.41, 5.74) is 3.71. The number of halogens is 1. The number of aryl methyl sites for hydroxylation is 1. The van der Waals surface area contributed by atoms with Crippen molar-refractivity contribution in [3.63, 3.8) is 0 Å². The van der Waals surface area contributed by atoms with Crippen molar-refractivity contribution in [3.05, 3.63) is 95.7 Å². The number of nitrogens with one attached hydrogen (secondary N) is 3. The van der Waals surface area contributed by atoms with Crippen LogP contribution in [-0.4, -0.2) is 75.3 Å². The van der Waals surface area contributed by atoms with E-state index in [1.54, 1.807) is 30.1 Å². The summed E-state index contributed by atoms with van der Waals surface area (Å²) in [6.45, 7) is 7.64. The third-order valence-electron chi connectivity index (χ3n) is 9.09. The van der Waals surface area contributed by atoms with Crippen LogP contribution in [0.1, 0.15) is 65.9 Å². The van der Waals surface area contributed by atoms with Crippen molar-refractivity contribution >= 4 is 11.8 Å². The van der Waals surface area contributed by atoms with Gasteiger partial charge in [0, 0.05) is 57.0 Å². The van der Waals surface area contributed by atoms with Gasteiger partial charge in [0.15, 0.2) is 0 Å². The maximum absolute atomic E-state index is 14.3. The van der Waals surface area contributed by atoms with Crippen molar-refractivity contribution in [2.75, 3.05) is 19.6 Å². The lowest BCUT2D eigenvalue weighted by molar-refractivity contribution is 0.0887. The third kappa shape index (κ3) is 8.64. The standard InChI is InChI=1S/C37H44FN7O3/c1-24-22-45(23-25(2)40-24)18-15-26-7-9-27(10-8-26)28-5-4-6-32(19-28)48-37-33(20-29(38)21-39-37)35(46)41-30-11-13-31(14-12-30)42-36(47)34-16-17-44(3)43-34/h4-10,16-17,19-21,24-25,30-31,40H,11-15,18,22-23H2,1-3H3,(H,41,46)(H,42,47)/t24-,25+,30?,31?. The smallest absolute Gasteiger partial charge is 0.271 e. The van der Waals surface area contributed by atoms with Crippen molar-refractivity contribution in [2.45, 2.75) is 70.1 Å². The van der Waals surface area contributed by atoms with Crippen LogP contribution in [0.3, 0.4) is 0 Å². The van der Waals surface area contributed by atoms with E-state index in [-0.39, 0.29) is 29.4 Å². The molecule has 2 amide bonds. The second-order valence-electron chi connectivity index (χ2n) is 13.2. The minimum Gasteiger partial charge on any atom is -0.438 e. The van der Waals surface area contributed by atoms with Gasteiger partial charge in [0.05, 0.1) is 6.20 Å². The Morgan fingerprint density at radius 3 is 2.27 bits per heavy atom. The van der Waals surface area contributed by atoms with E-state index < -0.39 is 11.7 Å². The molecule has 252 valence electrons. The fourth-order valence-corrected chi connectivity index (χ4v) is 6.74. The van der Waals surface area contributed by atoms with E-state index in [1.165, 1.54) is 5.56 Å². The molecule has 0 bridgehead atoms. The number of pyridine rings is 1. The Morgan fingerprint density at radius 2 is 1.60 bits per heavy atom. The Hall–Kier alpha value is -4.61. The highest BCUT2D eigenvalue weighted by molar-refractivity contribution is 5.96. The fraction of sp³-hybridized carbons (Fsp3) is 0.405. The van der Waals surface area contributed by atoms with Gasteiger partial charge in [-0.2, -0.15) is 5.10 Å². The lowest BCUT2D eigenvalue weighted by atomic mass is 9.91. The maximum Gasteiger partial charge on any atom is 0.271 e. The van der Waals surface area contributed by atoms with E-state index in [0.29, 0.717) is 49.2 Å². The van der Waals surface area contributed by atoms with Crippen molar-refractivity contribution in [3.8, 4) is 22.8 Å². The molecule has 2 aromatic heterocycles. The first-order valence-corrected chi connectivity index (χ1v) is 16.8. The molecule has 10 nitrogen and oxygen atoms in total. The maximum atomic E-state index is 14.3. The van der Waals surface area contributed by atoms with Crippen LogP contribution in [-0.2, 0) is 13.5 Å². The summed E-state index contributed by atoms with van der Waals surface area (Å²) in [7, 11) is 1.77. The lowest BCUT2D eigenvalue weighted by Crippen LogP contribution is -2.54. The Bertz CT molecular complexity index is 1710. The summed E-state index contributed by atoms with van der Waals surface area (Å²) in [5.74, 6) is -0.745. The van der Waals surface area contributed by atoms with Crippen LogP contribution >= 0.6 is 0 Å². The summed E-state index contributed by atoms with van der Waals surface area (Å²) < 4.78 is 22.0. The van der Waals surface area contributed by atoms with Crippen LogP contribution in [0.25, 0.3) is 11.1 Å². The molecule has 2 atom stereocenters. The number of aromatic nitrogens is 3. The summed E-state index contributed by atoms with van der Waals surface area (Å²) in [4.78, 5) is 32.5. The first-order chi connectivity index (χ1) is 23.2. The Balaban J connectivity index is 1.04. The van der Waals surface area contributed by atoms with E-state index >= 15 is 0 Å². The van der Waals surface area contributed by atoms with Crippen LogP contribution < -0.4 is 20.7 Å². The molecule has 1 aliphatic carbocycles. The van der Waals surface area contributed by atoms with Gasteiger partial charge in [0.25, 0.3) is 11.8 Å². The minimum atomic E-state index is -0.622. The summed E-state index contributed by atoms with van der Waals surface area (Å²) in [5, 5.41) is 13.8. The van der Waals surface area contributed by atoms with Crippen LogP contribution in [0.4, 0.5) is 4.39 Å². The topological polar surface area (TPSA) is 113 Å². The molecule has 3 N–H and O–H groups in total. The molecule has 2 aromatic carbocycles. The molecule has 48 heavy (non-hydrogen) atoms. The van der Waals surface area contributed by atoms with Crippen molar-refractivity contribution in [2.24, 2.45) is 7.05 Å². The SMILES string of the molecule is C[C@@H]1CN(CCc2ccc(-c3cccc(Oc4ncc(F)cc4C(=O)NC4CCC(NC(=O)c5ccn(C)n5)CC4)c3)cc2)C[C@H](C)N1. The summed E-state index contributed by atoms with van der Waals surface area (Å²) in [6, 6.07) is 19.9. The van der Waals surface area contributed by atoms with Gasteiger partial charge >= 0.3 is 0 Å². The molecule has 1 aliphatic heterocycles. The van der Waals surface area contributed by atoms with Gasteiger partial charge in [-0.1, -0.05) is 36.4 Å². The van der Waals surface area contributed by atoms with Gasteiger partial charge in [0.2, 0.25) is 5.88 Å². The summed E-state index contributed by atoms with van der Waals surface area (Å²) in [6.07, 6.45) is 6.53. The number of piperazine rings is 1. The molecule has 2 fully saturated rings. The third-order valence-corrected chi connectivity index (χ3v) is 9.09. The molecule has 0 unspecified atom stereocenters. The molecule has 0 spiro atoms. The van der Waals surface area contributed by atoms with E-state index in [2.05, 4.69) is 69.0 Å². The molecule has 3 heterocycles. The molecule has 4 aromatic rings. The summed E-state index contributed by atoms with van der Waals surface area (Å²) >= 11 is 0. The van der Waals surface area contributed by atoms with E-state index in [0.717, 1.165) is 49.4 Å². The molecular weight excluding hydrogens is 609 g/mol. The van der Waals surface area contributed by atoms with Gasteiger partial charge < -0.3 is 20.7 Å². The average molecular weight is 654 g/mol. The van der Waals surface area contributed by atoms with Crippen molar-refractivity contribution in [1.29, 1.82) is 0 Å². The highest BCUT2D eigenvalue weighted by atomic mass is 19.1. The van der Waals surface area contributed by atoms with E-state index in [9.17, 15) is 14.0 Å². The normalized spacial score (nSPS) is 21.4. The number of nitrogens with zero attached hydrogens (tertiary/aromatic N) is 4. The molecule has 1 saturated heterocycles. The van der Waals surface area contributed by atoms with Gasteiger partial charge in [0.1, 0.15) is 22.8 Å². The molecule has 1 saturated carbocycles. The highest BCUT2D eigenvalue weighted by Crippen LogP contribution is 2.29. The van der Waals surface area contributed by atoms with Crippen LogP contribution in [0.15, 0.2) is 73.1 Å². The number of ether oxygens (including phenoxy) is 1. The number of amides is 2. The number of hydrogen-bond donors (Lipinski definition) is 3. The Labute approximate surface area is 281 Å². The predicted molar refractivity (Wildman–Crippen MR) is 183 cm³/mol. The second kappa shape index (κ2) is 15.1. The van der Waals surface area contributed by atoms with Crippen molar-refractivity contribution < 1.29 is 18.7 Å². The molecule has 11 heteroatoms. The van der Waals surface area contributed by atoms with E-state index in [4.69, 9.17) is 4.74 Å². The zero-order chi connectivity index (χ0) is 33.6. The van der Waals surface area contributed by atoms with Crippen LogP contribution in [0, 0.1) is 5.82 Å². The number of carbonyl (C=O) groups excluding carboxylic acids is 2. The van der Waals surface area contributed by atoms with Gasteiger partial charge in [-0.15, -0.1) is 0 Å². The Kier molecular flexibility index (Phi) is 10.5. The minimum absolute atomic E-state index is 0.00367. The van der Waals surface area contributed by atoms with Gasteiger partial charge in [-0.3, -0.25) is 19.2 Å². The fourth-order valence-electron chi connectivity index (χ4n) is 6.74. The second-order valence-corrected chi connectivity index (χ2v) is 13.2. The molecule has 2 aliphatic rings. The predicted octanol–water partition coefficient (Wildman–Crippen LogP) is 5.11. The zero-order valence-corrected chi connectivity index (χ0v) is 27.8. The first-order valence-electron chi connectivity index (χ1n) is 16.8.